The minimum atomic E-state index is -3.38. The van der Waals surface area contributed by atoms with Gasteiger partial charge in [-0.15, -0.1) is 0 Å². The lowest BCUT2D eigenvalue weighted by Crippen LogP contribution is -2.35. The Morgan fingerprint density at radius 2 is 2.15 bits per heavy atom. The Balaban J connectivity index is 1.87. The average Bonchev–Trinajstić information content (AvgIpc) is 2.66. The van der Waals surface area contributed by atoms with E-state index < -0.39 is 10.0 Å². The fourth-order valence-electron chi connectivity index (χ4n) is 3.06. The maximum atomic E-state index is 12.8. The first-order chi connectivity index (χ1) is 12.5. The first kappa shape index (κ1) is 18.4. The zero-order valence-electron chi connectivity index (χ0n) is 14.8. The highest BCUT2D eigenvalue weighted by molar-refractivity contribution is 7.92. The molecule has 2 heterocycles. The molecule has 0 fully saturated rings. The third-order valence-electron chi connectivity index (χ3n) is 4.40. The highest BCUT2D eigenvalue weighted by Gasteiger charge is 2.24. The van der Waals surface area contributed by atoms with Gasteiger partial charge in [0.25, 0.3) is 5.91 Å². The van der Waals surface area contributed by atoms with Crippen molar-refractivity contribution in [1.29, 1.82) is 0 Å². The van der Waals surface area contributed by atoms with Crippen molar-refractivity contribution in [3.63, 3.8) is 0 Å². The molecule has 1 amide bonds. The summed E-state index contributed by atoms with van der Waals surface area (Å²) in [7, 11) is -3.38. The van der Waals surface area contributed by atoms with Crippen LogP contribution in [0.4, 0.5) is 11.4 Å². The number of aryl methyl sites for hydroxylation is 1. The summed E-state index contributed by atoms with van der Waals surface area (Å²) in [6, 6.07) is 8.89. The predicted molar refractivity (Wildman–Crippen MR) is 103 cm³/mol. The third kappa shape index (κ3) is 4.22. The molecule has 1 aromatic heterocycles. The van der Waals surface area contributed by atoms with Crippen LogP contribution in [0.5, 0.6) is 0 Å². The Labute approximate surface area is 154 Å². The maximum Gasteiger partial charge on any atom is 0.259 e. The van der Waals surface area contributed by atoms with Crippen LogP contribution in [0.3, 0.4) is 0 Å². The average molecular weight is 373 g/mol. The lowest BCUT2D eigenvalue weighted by Gasteiger charge is -2.30. The third-order valence-corrected chi connectivity index (χ3v) is 5.77. The molecular formula is C19H23N3O3S. The first-order valence-corrected chi connectivity index (χ1v) is 10.5. The number of anilines is 2. The fourth-order valence-corrected chi connectivity index (χ4v) is 4.32. The van der Waals surface area contributed by atoms with Gasteiger partial charge >= 0.3 is 0 Å². The van der Waals surface area contributed by atoms with E-state index in [1.807, 2.05) is 13.0 Å². The molecule has 0 atom stereocenters. The molecule has 1 aromatic carbocycles. The summed E-state index contributed by atoms with van der Waals surface area (Å²) >= 11 is 0. The number of carbonyl (C=O) groups excluding carboxylic acids is 1. The number of hydrogen-bond acceptors (Lipinski definition) is 4. The molecule has 2 aromatic rings. The molecule has 6 nitrogen and oxygen atoms in total. The number of fused-ring (bicyclic) bond motifs is 1. The molecule has 0 bridgehead atoms. The van der Waals surface area contributed by atoms with Gasteiger partial charge in [-0.3, -0.25) is 14.5 Å². The Morgan fingerprint density at radius 1 is 1.31 bits per heavy atom. The van der Waals surface area contributed by atoms with Crippen LogP contribution < -0.4 is 9.62 Å². The van der Waals surface area contributed by atoms with Crippen LogP contribution >= 0.6 is 0 Å². The van der Waals surface area contributed by atoms with Crippen molar-refractivity contribution >= 4 is 27.3 Å². The van der Waals surface area contributed by atoms with Crippen LogP contribution in [0.1, 0.15) is 42.1 Å². The molecule has 3 rings (SSSR count). The van der Waals surface area contributed by atoms with Crippen LogP contribution in [0.15, 0.2) is 42.7 Å². The minimum absolute atomic E-state index is 0.0961. The molecule has 0 aliphatic carbocycles. The van der Waals surface area contributed by atoms with Crippen molar-refractivity contribution in [1.82, 2.24) is 4.98 Å². The van der Waals surface area contributed by atoms with Crippen molar-refractivity contribution < 1.29 is 13.2 Å². The van der Waals surface area contributed by atoms with Gasteiger partial charge in [0.1, 0.15) is 0 Å². The molecule has 26 heavy (non-hydrogen) atoms. The Kier molecular flexibility index (Phi) is 5.56. The molecule has 0 saturated carbocycles. The molecule has 0 saturated heterocycles. The lowest BCUT2D eigenvalue weighted by atomic mass is 10.0. The van der Waals surface area contributed by atoms with E-state index in [-0.39, 0.29) is 11.7 Å². The van der Waals surface area contributed by atoms with Gasteiger partial charge in [-0.2, -0.15) is 0 Å². The van der Waals surface area contributed by atoms with Crippen LogP contribution in [0.25, 0.3) is 0 Å². The molecule has 0 unspecified atom stereocenters. The van der Waals surface area contributed by atoms with E-state index >= 15 is 0 Å². The number of rotatable bonds is 6. The van der Waals surface area contributed by atoms with Gasteiger partial charge in [-0.05, 0) is 49.1 Å². The number of sulfonamides is 1. The predicted octanol–water partition coefficient (Wildman–Crippen LogP) is 3.22. The fraction of sp³-hybridized carbons (Fsp3) is 0.368. The van der Waals surface area contributed by atoms with E-state index in [1.54, 1.807) is 41.6 Å². The number of amides is 1. The van der Waals surface area contributed by atoms with E-state index in [2.05, 4.69) is 9.71 Å². The summed E-state index contributed by atoms with van der Waals surface area (Å²) in [6.07, 6.45) is 6.36. The maximum absolute atomic E-state index is 12.8. The molecule has 7 heteroatoms. The van der Waals surface area contributed by atoms with Gasteiger partial charge in [-0.1, -0.05) is 19.4 Å². The molecule has 0 spiro atoms. The van der Waals surface area contributed by atoms with Crippen molar-refractivity contribution in [3.05, 3.63) is 53.9 Å². The largest absolute Gasteiger partial charge is 0.308 e. The van der Waals surface area contributed by atoms with Crippen molar-refractivity contribution in [2.45, 2.75) is 32.6 Å². The molecule has 0 radical (unpaired) electrons. The number of unbranched alkanes of at least 4 members (excludes halogenated alkanes) is 1. The van der Waals surface area contributed by atoms with Crippen molar-refractivity contribution in [3.8, 4) is 0 Å². The van der Waals surface area contributed by atoms with Gasteiger partial charge < -0.3 is 4.90 Å². The zero-order valence-corrected chi connectivity index (χ0v) is 15.6. The first-order valence-electron chi connectivity index (χ1n) is 8.85. The number of hydrogen-bond donors (Lipinski definition) is 1. The highest BCUT2D eigenvalue weighted by Crippen LogP contribution is 2.31. The summed E-state index contributed by atoms with van der Waals surface area (Å²) in [5.41, 5.74) is 2.82. The smallest absolute Gasteiger partial charge is 0.259 e. The highest BCUT2D eigenvalue weighted by atomic mass is 32.2. The number of carbonyl (C=O) groups is 1. The second-order valence-electron chi connectivity index (χ2n) is 6.42. The quantitative estimate of drug-likeness (QED) is 0.843. The van der Waals surface area contributed by atoms with Crippen molar-refractivity contribution in [2.75, 3.05) is 21.9 Å². The zero-order chi connectivity index (χ0) is 18.6. The van der Waals surface area contributed by atoms with Gasteiger partial charge in [0, 0.05) is 24.6 Å². The van der Waals surface area contributed by atoms with E-state index in [9.17, 15) is 13.2 Å². The molecule has 1 N–H and O–H groups in total. The number of pyridine rings is 1. The number of nitrogens with one attached hydrogen (secondary N) is 1. The van der Waals surface area contributed by atoms with E-state index in [0.29, 0.717) is 24.2 Å². The topological polar surface area (TPSA) is 79.4 Å². The van der Waals surface area contributed by atoms with Crippen LogP contribution in [0, 0.1) is 0 Å². The summed E-state index contributed by atoms with van der Waals surface area (Å²) in [4.78, 5) is 18.6. The van der Waals surface area contributed by atoms with Gasteiger partial charge in [0.2, 0.25) is 10.0 Å². The van der Waals surface area contributed by atoms with Gasteiger partial charge in [0.15, 0.2) is 0 Å². The SMILES string of the molecule is CCCCS(=O)(=O)Nc1ccc2c(c1)N(C(=O)c1cccnc1)CCC2. The van der Waals surface area contributed by atoms with Crippen molar-refractivity contribution in [2.24, 2.45) is 0 Å². The van der Waals surface area contributed by atoms with Crippen LogP contribution in [0.2, 0.25) is 0 Å². The van der Waals surface area contributed by atoms with Gasteiger partial charge in [0.05, 0.1) is 17.0 Å². The van der Waals surface area contributed by atoms with Crippen LogP contribution in [-0.2, 0) is 16.4 Å². The molecule has 1 aliphatic rings. The summed E-state index contributed by atoms with van der Waals surface area (Å²) in [6.45, 7) is 2.56. The van der Waals surface area contributed by atoms with E-state index in [4.69, 9.17) is 0 Å². The summed E-state index contributed by atoms with van der Waals surface area (Å²) in [5, 5.41) is 0. The standard InChI is InChI=1S/C19H23N3O3S/c1-2-3-12-26(24,25)21-17-9-8-15-7-5-11-22(18(15)13-17)19(23)16-6-4-10-20-14-16/h4,6,8-10,13-14,21H,2-3,5,7,11-12H2,1H3. The Hall–Kier alpha value is -2.41. The Bertz CT molecular complexity index is 882. The van der Waals surface area contributed by atoms with Gasteiger partial charge in [-0.25, -0.2) is 8.42 Å². The Morgan fingerprint density at radius 3 is 2.88 bits per heavy atom. The normalized spacial score (nSPS) is 14.0. The van der Waals surface area contributed by atoms with Crippen LogP contribution in [-0.4, -0.2) is 31.6 Å². The molecule has 138 valence electrons. The summed E-state index contributed by atoms with van der Waals surface area (Å²) in [5.74, 6) is -0.0242. The monoisotopic (exact) mass is 373 g/mol. The number of aromatic nitrogens is 1. The lowest BCUT2D eigenvalue weighted by molar-refractivity contribution is 0.0985. The summed E-state index contributed by atoms with van der Waals surface area (Å²) < 4.78 is 27.0. The second kappa shape index (κ2) is 7.86. The minimum Gasteiger partial charge on any atom is -0.308 e. The number of benzene rings is 1. The second-order valence-corrected chi connectivity index (χ2v) is 8.26. The van der Waals surface area contributed by atoms with E-state index in [1.165, 1.54) is 0 Å². The van der Waals surface area contributed by atoms with E-state index in [0.717, 1.165) is 30.5 Å². The molecule has 1 aliphatic heterocycles. The molecular weight excluding hydrogens is 350 g/mol. The number of nitrogens with zero attached hydrogens (tertiary/aromatic N) is 2.